The van der Waals surface area contributed by atoms with E-state index in [1.165, 1.54) is 11.1 Å². The normalized spacial score (nSPS) is 20.1. The number of nitrogens with one attached hydrogen (secondary N) is 2. The number of hydrogen-bond acceptors (Lipinski definition) is 2. The molecule has 0 aliphatic heterocycles. The highest BCUT2D eigenvalue weighted by molar-refractivity contribution is 5.85. The lowest BCUT2D eigenvalue weighted by molar-refractivity contribution is -0.121. The van der Waals surface area contributed by atoms with Crippen molar-refractivity contribution in [3.8, 4) is 0 Å². The van der Waals surface area contributed by atoms with Crippen LogP contribution >= 0.6 is 12.4 Å². The quantitative estimate of drug-likeness (QED) is 0.894. The molecule has 0 spiro atoms. The first-order valence-corrected chi connectivity index (χ1v) is 6.56. The Bertz CT molecular complexity index is 446. The summed E-state index contributed by atoms with van der Waals surface area (Å²) in [5, 5.41) is 6.06. The zero-order valence-corrected chi connectivity index (χ0v) is 12.6. The Hall–Kier alpha value is -1.06. The molecule has 19 heavy (non-hydrogen) atoms. The summed E-state index contributed by atoms with van der Waals surface area (Å²) in [6.07, 6.45) is 2.20. The lowest BCUT2D eigenvalue weighted by Gasteiger charge is -2.40. The molecule has 0 aromatic heterocycles. The smallest absolute Gasteiger partial charge is 0.234 e. The van der Waals surface area contributed by atoms with Crippen molar-refractivity contribution in [1.29, 1.82) is 0 Å². The maximum absolute atomic E-state index is 11.8. The Morgan fingerprint density at radius 2 is 2.05 bits per heavy atom. The van der Waals surface area contributed by atoms with E-state index in [9.17, 15) is 4.79 Å². The van der Waals surface area contributed by atoms with Gasteiger partial charge in [-0.3, -0.25) is 4.79 Å². The number of carbonyl (C=O) groups excluding carboxylic acids is 1. The second-order valence-corrected chi connectivity index (χ2v) is 5.72. The second-order valence-electron chi connectivity index (χ2n) is 5.72. The topological polar surface area (TPSA) is 41.1 Å². The Morgan fingerprint density at radius 1 is 1.37 bits per heavy atom. The van der Waals surface area contributed by atoms with E-state index in [1.807, 2.05) is 0 Å². The molecule has 1 aliphatic rings. The predicted molar refractivity (Wildman–Crippen MR) is 80.6 cm³/mol. The Morgan fingerprint density at radius 3 is 2.74 bits per heavy atom. The Balaban J connectivity index is 0.00000180. The summed E-state index contributed by atoms with van der Waals surface area (Å²) in [5.41, 5.74) is 2.75. The van der Waals surface area contributed by atoms with E-state index >= 15 is 0 Å². The molecule has 0 saturated heterocycles. The number of carbonyl (C=O) groups is 1. The standard InChI is InChI=1S/C15H22N2O.ClH/c1-15(2)9-8-11-6-4-5-7-12(11)14(15)17-13(18)10-16-3;/h4-7,14,16H,8-10H2,1-3H3,(H,17,18);1H. The van der Waals surface area contributed by atoms with Crippen LogP contribution in [0.25, 0.3) is 0 Å². The van der Waals surface area contributed by atoms with Crippen molar-refractivity contribution in [2.24, 2.45) is 5.41 Å². The number of likely N-dealkylation sites (N-methyl/N-ethyl adjacent to an activating group) is 1. The van der Waals surface area contributed by atoms with Crippen molar-refractivity contribution >= 4 is 18.3 Å². The van der Waals surface area contributed by atoms with Crippen LogP contribution in [0, 0.1) is 5.41 Å². The van der Waals surface area contributed by atoms with Gasteiger partial charge in [-0.05, 0) is 36.4 Å². The van der Waals surface area contributed by atoms with Gasteiger partial charge in [-0.25, -0.2) is 0 Å². The van der Waals surface area contributed by atoms with Gasteiger partial charge in [-0.2, -0.15) is 0 Å². The monoisotopic (exact) mass is 282 g/mol. The molecule has 1 aromatic carbocycles. The van der Waals surface area contributed by atoms with Gasteiger partial charge in [0.1, 0.15) is 0 Å². The lowest BCUT2D eigenvalue weighted by atomic mass is 9.70. The minimum atomic E-state index is 0. The zero-order valence-electron chi connectivity index (χ0n) is 11.8. The molecular formula is C15H23ClN2O. The van der Waals surface area contributed by atoms with Gasteiger partial charge in [0.05, 0.1) is 12.6 Å². The lowest BCUT2D eigenvalue weighted by Crippen LogP contribution is -2.43. The highest BCUT2D eigenvalue weighted by Crippen LogP contribution is 2.43. The van der Waals surface area contributed by atoms with Gasteiger partial charge < -0.3 is 10.6 Å². The average Bonchev–Trinajstić information content (AvgIpc) is 2.33. The molecule has 1 aromatic rings. The minimum absolute atomic E-state index is 0. The molecule has 1 amide bonds. The van der Waals surface area contributed by atoms with Gasteiger partial charge >= 0.3 is 0 Å². The third-order valence-corrected chi connectivity index (χ3v) is 3.83. The number of aryl methyl sites for hydroxylation is 1. The van der Waals surface area contributed by atoms with E-state index in [4.69, 9.17) is 0 Å². The number of amides is 1. The highest BCUT2D eigenvalue weighted by atomic mass is 35.5. The third kappa shape index (κ3) is 3.48. The van der Waals surface area contributed by atoms with Crippen LogP contribution in [0.2, 0.25) is 0 Å². The van der Waals surface area contributed by atoms with E-state index in [0.29, 0.717) is 6.54 Å². The highest BCUT2D eigenvalue weighted by Gasteiger charge is 2.36. The van der Waals surface area contributed by atoms with Crippen LogP contribution in [0.3, 0.4) is 0 Å². The molecule has 2 rings (SSSR count). The van der Waals surface area contributed by atoms with Crippen molar-refractivity contribution in [3.05, 3.63) is 35.4 Å². The molecule has 1 aliphatic carbocycles. The molecule has 0 bridgehead atoms. The first-order valence-electron chi connectivity index (χ1n) is 6.56. The molecule has 2 N–H and O–H groups in total. The number of rotatable bonds is 3. The number of hydrogen-bond donors (Lipinski definition) is 2. The fourth-order valence-corrected chi connectivity index (χ4v) is 2.71. The van der Waals surface area contributed by atoms with Crippen LogP contribution in [0.4, 0.5) is 0 Å². The van der Waals surface area contributed by atoms with Crippen molar-refractivity contribution in [1.82, 2.24) is 10.6 Å². The summed E-state index contributed by atoms with van der Waals surface area (Å²) in [5.74, 6) is 0.0623. The number of benzene rings is 1. The van der Waals surface area contributed by atoms with Crippen LogP contribution in [0.1, 0.15) is 37.4 Å². The van der Waals surface area contributed by atoms with Crippen LogP contribution < -0.4 is 10.6 Å². The van der Waals surface area contributed by atoms with Gasteiger partial charge in [0, 0.05) is 0 Å². The second kappa shape index (κ2) is 6.40. The molecule has 4 heteroatoms. The van der Waals surface area contributed by atoms with Gasteiger partial charge in [-0.1, -0.05) is 38.1 Å². The first-order chi connectivity index (χ1) is 8.54. The summed E-state index contributed by atoms with van der Waals surface area (Å²) in [6, 6.07) is 8.55. The van der Waals surface area contributed by atoms with Crippen LogP contribution in [0.5, 0.6) is 0 Å². The van der Waals surface area contributed by atoms with E-state index < -0.39 is 0 Å². The van der Waals surface area contributed by atoms with E-state index in [1.54, 1.807) is 7.05 Å². The molecule has 3 nitrogen and oxygen atoms in total. The fourth-order valence-electron chi connectivity index (χ4n) is 2.71. The van der Waals surface area contributed by atoms with E-state index in [2.05, 4.69) is 48.7 Å². The van der Waals surface area contributed by atoms with Gasteiger partial charge in [0.15, 0.2) is 0 Å². The molecule has 106 valence electrons. The molecule has 0 radical (unpaired) electrons. The van der Waals surface area contributed by atoms with Gasteiger partial charge in [0.2, 0.25) is 5.91 Å². The Kier molecular flexibility index (Phi) is 5.39. The van der Waals surface area contributed by atoms with Crippen molar-refractivity contribution < 1.29 is 4.79 Å². The van der Waals surface area contributed by atoms with Crippen LogP contribution in [0.15, 0.2) is 24.3 Å². The molecule has 0 heterocycles. The number of halogens is 1. The average molecular weight is 283 g/mol. The van der Waals surface area contributed by atoms with Crippen molar-refractivity contribution in [3.63, 3.8) is 0 Å². The van der Waals surface area contributed by atoms with Gasteiger partial charge in [-0.15, -0.1) is 12.4 Å². The summed E-state index contributed by atoms with van der Waals surface area (Å²) < 4.78 is 0. The van der Waals surface area contributed by atoms with Crippen molar-refractivity contribution in [2.45, 2.75) is 32.7 Å². The molecular weight excluding hydrogens is 260 g/mol. The SMILES string of the molecule is CNCC(=O)NC1c2ccccc2CCC1(C)C.Cl. The molecule has 0 fully saturated rings. The van der Waals surface area contributed by atoms with Crippen molar-refractivity contribution in [2.75, 3.05) is 13.6 Å². The van der Waals surface area contributed by atoms with Gasteiger partial charge in [0.25, 0.3) is 0 Å². The first kappa shape index (κ1) is 16.0. The maximum atomic E-state index is 11.8. The summed E-state index contributed by atoms with van der Waals surface area (Å²) >= 11 is 0. The maximum Gasteiger partial charge on any atom is 0.234 e. The molecule has 1 unspecified atom stereocenters. The zero-order chi connectivity index (χ0) is 13.2. The van der Waals surface area contributed by atoms with E-state index in [0.717, 1.165) is 12.8 Å². The number of fused-ring (bicyclic) bond motifs is 1. The summed E-state index contributed by atoms with van der Waals surface area (Å²) in [4.78, 5) is 11.8. The summed E-state index contributed by atoms with van der Waals surface area (Å²) in [6.45, 7) is 4.83. The predicted octanol–water partition coefficient (Wildman–Crippen LogP) is 2.46. The minimum Gasteiger partial charge on any atom is -0.348 e. The Labute approximate surface area is 121 Å². The summed E-state index contributed by atoms with van der Waals surface area (Å²) in [7, 11) is 1.79. The van der Waals surface area contributed by atoms with Crippen LogP contribution in [-0.4, -0.2) is 19.5 Å². The van der Waals surface area contributed by atoms with E-state index in [-0.39, 0.29) is 29.8 Å². The fraction of sp³-hybridized carbons (Fsp3) is 0.533. The third-order valence-electron chi connectivity index (χ3n) is 3.83. The molecule has 1 atom stereocenters. The van der Waals surface area contributed by atoms with Crippen LogP contribution in [-0.2, 0) is 11.2 Å². The molecule has 0 saturated carbocycles. The largest absolute Gasteiger partial charge is 0.348 e.